The Balaban J connectivity index is 1.33. The van der Waals surface area contributed by atoms with E-state index in [1.807, 2.05) is 67.5 Å². The van der Waals surface area contributed by atoms with Gasteiger partial charge in [-0.1, -0.05) is 0 Å². The lowest BCUT2D eigenvalue weighted by Crippen LogP contribution is -2.07. The van der Waals surface area contributed by atoms with E-state index in [1.54, 1.807) is 36.4 Å². The number of rotatable bonds is 8. The highest BCUT2D eigenvalue weighted by Crippen LogP contribution is 2.26. The maximum absolute atomic E-state index is 10.7. The van der Waals surface area contributed by atoms with Gasteiger partial charge in [0.1, 0.15) is 0 Å². The third-order valence-electron chi connectivity index (χ3n) is 4.97. The molecule has 0 heterocycles. The van der Waals surface area contributed by atoms with Crippen molar-refractivity contribution in [1.82, 2.24) is 0 Å². The van der Waals surface area contributed by atoms with Gasteiger partial charge in [-0.2, -0.15) is 30.7 Å². The molecule has 0 aliphatic carbocycles. The molecule has 0 aromatic heterocycles. The summed E-state index contributed by atoms with van der Waals surface area (Å²) in [7, 11) is 3.98. The Morgan fingerprint density at radius 1 is 0.500 bits per heavy atom. The molecule has 0 saturated heterocycles. The number of hydrogen-bond donors (Lipinski definition) is 0. The number of nitro benzene ring substituents is 1. The molecule has 4 aromatic rings. The Bertz CT molecular complexity index is 1390. The summed E-state index contributed by atoms with van der Waals surface area (Å²) in [4.78, 5) is 12.3. The smallest absolute Gasteiger partial charge is 0.269 e. The first-order valence-electron chi connectivity index (χ1n) is 10.9. The van der Waals surface area contributed by atoms with Gasteiger partial charge in [0, 0.05) is 31.9 Å². The molecule has 0 unspecified atom stereocenters. The first-order chi connectivity index (χ1) is 17.5. The van der Waals surface area contributed by atoms with Crippen LogP contribution in [0.5, 0.6) is 0 Å². The van der Waals surface area contributed by atoms with Gasteiger partial charge < -0.3 is 4.90 Å². The summed E-state index contributed by atoms with van der Waals surface area (Å²) in [6, 6.07) is 28.0. The van der Waals surface area contributed by atoms with Gasteiger partial charge in [-0.3, -0.25) is 10.1 Å². The van der Waals surface area contributed by atoms with Gasteiger partial charge in [-0.25, -0.2) is 0 Å². The van der Waals surface area contributed by atoms with Crippen molar-refractivity contribution in [1.29, 1.82) is 0 Å². The molecule has 178 valence electrons. The third-order valence-corrected chi connectivity index (χ3v) is 4.97. The Hall–Kier alpha value is -5.12. The van der Waals surface area contributed by atoms with Gasteiger partial charge in [0.2, 0.25) is 0 Å². The predicted molar refractivity (Wildman–Crippen MR) is 139 cm³/mol. The lowest BCUT2D eigenvalue weighted by Gasteiger charge is -2.11. The minimum Gasteiger partial charge on any atom is -0.378 e. The van der Waals surface area contributed by atoms with Gasteiger partial charge >= 0.3 is 0 Å². The van der Waals surface area contributed by atoms with E-state index in [1.165, 1.54) is 12.1 Å². The van der Waals surface area contributed by atoms with Gasteiger partial charge in [0.15, 0.2) is 0 Å². The second-order valence-electron chi connectivity index (χ2n) is 7.82. The van der Waals surface area contributed by atoms with E-state index in [-0.39, 0.29) is 5.69 Å². The molecule has 4 rings (SSSR count). The fourth-order valence-electron chi connectivity index (χ4n) is 2.98. The van der Waals surface area contributed by atoms with E-state index in [0.717, 1.165) is 11.4 Å². The first kappa shape index (κ1) is 24.0. The average Bonchev–Trinajstić information content (AvgIpc) is 2.91. The lowest BCUT2D eigenvalue weighted by molar-refractivity contribution is -0.384. The number of hydrogen-bond acceptors (Lipinski definition) is 9. The highest BCUT2D eigenvalue weighted by atomic mass is 16.6. The largest absolute Gasteiger partial charge is 0.378 e. The third kappa shape index (κ3) is 6.70. The van der Waals surface area contributed by atoms with E-state index in [2.05, 4.69) is 30.7 Å². The van der Waals surface area contributed by atoms with Crippen LogP contribution >= 0.6 is 0 Å². The molecule has 10 nitrogen and oxygen atoms in total. The molecule has 36 heavy (non-hydrogen) atoms. The molecular formula is C26H22N8O2. The van der Waals surface area contributed by atoms with Crippen molar-refractivity contribution in [2.45, 2.75) is 0 Å². The standard InChI is InChI=1S/C26H22N8O2/c1-33(2)25-15-11-23(12-16-25)31-29-21-7-3-19(4-8-21)27-28-20-5-9-22(10-6-20)30-32-24-13-17-26(18-14-24)34(35)36/h3-18H,1-2H3. The zero-order valence-electron chi connectivity index (χ0n) is 19.6. The second kappa shape index (κ2) is 11.3. The van der Waals surface area contributed by atoms with Crippen LogP contribution in [-0.4, -0.2) is 19.0 Å². The number of anilines is 1. The Morgan fingerprint density at radius 3 is 1.00 bits per heavy atom. The van der Waals surface area contributed by atoms with E-state index in [9.17, 15) is 10.1 Å². The lowest BCUT2D eigenvalue weighted by atomic mass is 10.3. The van der Waals surface area contributed by atoms with Gasteiger partial charge in [-0.15, -0.1) is 0 Å². The molecule has 4 aromatic carbocycles. The van der Waals surface area contributed by atoms with Crippen LogP contribution in [0.3, 0.4) is 0 Å². The van der Waals surface area contributed by atoms with Crippen LogP contribution in [0, 0.1) is 10.1 Å². The predicted octanol–water partition coefficient (Wildman–Crippen LogP) is 8.91. The van der Waals surface area contributed by atoms with Crippen LogP contribution in [0.25, 0.3) is 0 Å². The molecule has 0 aliphatic heterocycles. The Labute approximate surface area is 207 Å². The van der Waals surface area contributed by atoms with Crippen molar-refractivity contribution in [3.8, 4) is 0 Å². The normalized spacial score (nSPS) is 11.5. The molecule has 0 atom stereocenters. The van der Waals surface area contributed by atoms with Crippen LogP contribution in [0.2, 0.25) is 0 Å². The molecule has 0 fully saturated rings. The maximum atomic E-state index is 10.7. The Morgan fingerprint density at radius 2 is 0.750 bits per heavy atom. The van der Waals surface area contributed by atoms with Crippen molar-refractivity contribution < 1.29 is 4.92 Å². The van der Waals surface area contributed by atoms with E-state index < -0.39 is 4.92 Å². The van der Waals surface area contributed by atoms with E-state index in [0.29, 0.717) is 28.4 Å². The number of non-ortho nitro benzene ring substituents is 1. The fraction of sp³-hybridized carbons (Fsp3) is 0.0769. The van der Waals surface area contributed by atoms with Crippen molar-refractivity contribution in [2.24, 2.45) is 30.7 Å². The number of azo groups is 3. The molecular weight excluding hydrogens is 456 g/mol. The monoisotopic (exact) mass is 478 g/mol. The van der Waals surface area contributed by atoms with Gasteiger partial charge in [-0.05, 0) is 84.9 Å². The van der Waals surface area contributed by atoms with E-state index >= 15 is 0 Å². The summed E-state index contributed by atoms with van der Waals surface area (Å²) in [5, 5.41) is 35.9. The van der Waals surface area contributed by atoms with Crippen LogP contribution in [-0.2, 0) is 0 Å². The minimum atomic E-state index is -0.458. The van der Waals surface area contributed by atoms with Crippen LogP contribution < -0.4 is 4.90 Å². The summed E-state index contributed by atoms with van der Waals surface area (Å²) in [6.45, 7) is 0. The molecule has 0 spiro atoms. The number of nitrogens with zero attached hydrogens (tertiary/aromatic N) is 8. The van der Waals surface area contributed by atoms with Crippen molar-refractivity contribution >= 4 is 45.5 Å². The number of nitro groups is 1. The topological polar surface area (TPSA) is 121 Å². The fourth-order valence-corrected chi connectivity index (χ4v) is 2.98. The summed E-state index contributed by atoms with van der Waals surface area (Å²) in [6.07, 6.45) is 0. The molecule has 0 aliphatic rings. The zero-order chi connectivity index (χ0) is 25.3. The molecule has 10 heteroatoms. The molecule has 0 amide bonds. The highest BCUT2D eigenvalue weighted by molar-refractivity contribution is 5.53. The maximum Gasteiger partial charge on any atom is 0.269 e. The van der Waals surface area contributed by atoms with Crippen LogP contribution in [0.15, 0.2) is 128 Å². The van der Waals surface area contributed by atoms with Crippen molar-refractivity contribution in [3.63, 3.8) is 0 Å². The van der Waals surface area contributed by atoms with Crippen molar-refractivity contribution in [3.05, 3.63) is 107 Å². The molecule has 0 bridgehead atoms. The first-order valence-corrected chi connectivity index (χ1v) is 10.9. The highest BCUT2D eigenvalue weighted by Gasteiger charge is 2.03. The summed E-state index contributed by atoms with van der Waals surface area (Å²) >= 11 is 0. The van der Waals surface area contributed by atoms with E-state index in [4.69, 9.17) is 0 Å². The Kier molecular flexibility index (Phi) is 7.57. The molecule has 0 N–H and O–H groups in total. The van der Waals surface area contributed by atoms with Crippen LogP contribution in [0.4, 0.5) is 45.5 Å². The van der Waals surface area contributed by atoms with Crippen LogP contribution in [0.1, 0.15) is 0 Å². The average molecular weight is 479 g/mol. The molecule has 0 radical (unpaired) electrons. The van der Waals surface area contributed by atoms with Crippen molar-refractivity contribution in [2.75, 3.05) is 19.0 Å². The second-order valence-corrected chi connectivity index (χ2v) is 7.82. The quantitative estimate of drug-likeness (QED) is 0.143. The minimum absolute atomic E-state index is 0.00805. The SMILES string of the molecule is CN(C)c1ccc(N=Nc2ccc(N=Nc3ccc(N=Nc4ccc([N+](=O)[O-])cc4)cc3)cc2)cc1. The summed E-state index contributed by atoms with van der Waals surface area (Å²) < 4.78 is 0. The summed E-state index contributed by atoms with van der Waals surface area (Å²) in [5.41, 5.74) is 5.10. The van der Waals surface area contributed by atoms with Gasteiger partial charge in [0.25, 0.3) is 5.69 Å². The number of benzene rings is 4. The molecule has 0 saturated carbocycles. The van der Waals surface area contributed by atoms with Gasteiger partial charge in [0.05, 0.1) is 39.0 Å². The summed E-state index contributed by atoms with van der Waals surface area (Å²) in [5.74, 6) is 0. The zero-order valence-corrected chi connectivity index (χ0v) is 19.6.